The standard InChI is InChI=1S/C15H20N2O3S/c16-15(18)12-17(14-8-4-5-9-14)21(19,20)11-10-13-6-2-1-3-7-13/h1-3,6-7,10-11,14H,4-5,8-9,12H2,(H2,16,18). The van der Waals surface area contributed by atoms with Crippen LogP contribution in [0, 0.1) is 0 Å². The van der Waals surface area contributed by atoms with Gasteiger partial charge in [0.2, 0.25) is 15.9 Å². The molecule has 5 nitrogen and oxygen atoms in total. The number of hydrogen-bond donors (Lipinski definition) is 1. The molecule has 0 bridgehead atoms. The van der Waals surface area contributed by atoms with Crippen LogP contribution >= 0.6 is 0 Å². The van der Waals surface area contributed by atoms with E-state index < -0.39 is 15.9 Å². The fraction of sp³-hybridized carbons (Fsp3) is 0.400. The maximum Gasteiger partial charge on any atom is 0.236 e. The Morgan fingerprint density at radius 1 is 1.24 bits per heavy atom. The number of nitrogens with two attached hydrogens (primary N) is 1. The summed E-state index contributed by atoms with van der Waals surface area (Å²) < 4.78 is 26.2. The molecule has 0 saturated heterocycles. The van der Waals surface area contributed by atoms with E-state index in [1.54, 1.807) is 0 Å². The number of carbonyl (C=O) groups excluding carboxylic acids is 1. The van der Waals surface area contributed by atoms with Crippen molar-refractivity contribution < 1.29 is 13.2 Å². The Morgan fingerprint density at radius 2 is 1.86 bits per heavy atom. The summed E-state index contributed by atoms with van der Waals surface area (Å²) >= 11 is 0. The van der Waals surface area contributed by atoms with Crippen LogP contribution in [0.2, 0.25) is 0 Å². The van der Waals surface area contributed by atoms with E-state index in [-0.39, 0.29) is 12.6 Å². The molecule has 2 N–H and O–H groups in total. The third kappa shape index (κ3) is 4.41. The monoisotopic (exact) mass is 308 g/mol. The predicted molar refractivity (Wildman–Crippen MR) is 82.6 cm³/mol. The average molecular weight is 308 g/mol. The first-order valence-corrected chi connectivity index (χ1v) is 8.52. The van der Waals surface area contributed by atoms with Crippen LogP contribution in [0.5, 0.6) is 0 Å². The average Bonchev–Trinajstić information content (AvgIpc) is 2.97. The first kappa shape index (κ1) is 15.7. The fourth-order valence-electron chi connectivity index (χ4n) is 2.58. The Morgan fingerprint density at radius 3 is 2.43 bits per heavy atom. The highest BCUT2D eigenvalue weighted by atomic mass is 32.2. The van der Waals surface area contributed by atoms with Gasteiger partial charge in [0.05, 0.1) is 6.54 Å². The lowest BCUT2D eigenvalue weighted by Crippen LogP contribution is -2.43. The summed E-state index contributed by atoms with van der Waals surface area (Å²) in [4.78, 5) is 11.2. The summed E-state index contributed by atoms with van der Waals surface area (Å²) in [5.74, 6) is -0.626. The van der Waals surface area contributed by atoms with Gasteiger partial charge >= 0.3 is 0 Å². The number of benzene rings is 1. The third-order valence-corrected chi connectivity index (χ3v) is 5.16. The second kappa shape index (κ2) is 6.87. The molecule has 21 heavy (non-hydrogen) atoms. The van der Waals surface area contributed by atoms with Crippen molar-refractivity contribution in [1.82, 2.24) is 4.31 Å². The number of sulfonamides is 1. The molecule has 0 spiro atoms. The van der Waals surface area contributed by atoms with Gasteiger partial charge in [0.1, 0.15) is 0 Å². The van der Waals surface area contributed by atoms with Crippen LogP contribution in [0.1, 0.15) is 31.2 Å². The van der Waals surface area contributed by atoms with Crippen molar-refractivity contribution in [3.8, 4) is 0 Å². The molecule has 2 rings (SSSR count). The quantitative estimate of drug-likeness (QED) is 0.869. The lowest BCUT2D eigenvalue weighted by atomic mass is 10.2. The molecule has 0 atom stereocenters. The fourth-order valence-corrected chi connectivity index (χ4v) is 4.00. The molecule has 114 valence electrons. The molecule has 1 aliphatic carbocycles. The maximum absolute atomic E-state index is 12.5. The van der Waals surface area contributed by atoms with E-state index in [9.17, 15) is 13.2 Å². The summed E-state index contributed by atoms with van der Waals surface area (Å²) in [5, 5.41) is 1.16. The second-order valence-corrected chi connectivity index (χ2v) is 6.98. The number of rotatable bonds is 6. The Hall–Kier alpha value is -1.66. The number of amides is 1. The smallest absolute Gasteiger partial charge is 0.236 e. The summed E-state index contributed by atoms with van der Waals surface area (Å²) in [6.45, 7) is -0.258. The molecule has 1 saturated carbocycles. The van der Waals surface area contributed by atoms with Crippen LogP contribution in [0.4, 0.5) is 0 Å². The predicted octanol–water partition coefficient (Wildman–Crippen LogP) is 1.72. The van der Waals surface area contributed by atoms with Crippen molar-refractivity contribution in [2.24, 2.45) is 5.73 Å². The van der Waals surface area contributed by atoms with Gasteiger partial charge in [-0.15, -0.1) is 0 Å². The number of primary amides is 1. The van der Waals surface area contributed by atoms with Crippen LogP contribution in [0.3, 0.4) is 0 Å². The SMILES string of the molecule is NC(=O)CN(C1CCCC1)S(=O)(=O)C=Cc1ccccc1. The van der Waals surface area contributed by atoms with Crippen molar-refractivity contribution in [3.63, 3.8) is 0 Å². The van der Waals surface area contributed by atoms with Gasteiger partial charge in [0, 0.05) is 11.4 Å². The number of hydrogen-bond acceptors (Lipinski definition) is 3. The topological polar surface area (TPSA) is 80.5 Å². The van der Waals surface area contributed by atoms with E-state index >= 15 is 0 Å². The lowest BCUT2D eigenvalue weighted by molar-refractivity contribution is -0.118. The molecule has 0 aliphatic heterocycles. The van der Waals surface area contributed by atoms with Crippen molar-refractivity contribution in [2.75, 3.05) is 6.54 Å². The van der Waals surface area contributed by atoms with Crippen LogP contribution in [0.15, 0.2) is 35.7 Å². The van der Waals surface area contributed by atoms with Gasteiger partial charge in [-0.1, -0.05) is 43.2 Å². The van der Waals surface area contributed by atoms with Crippen molar-refractivity contribution in [2.45, 2.75) is 31.7 Å². The molecule has 1 aromatic rings. The summed E-state index contributed by atoms with van der Waals surface area (Å²) in [5.41, 5.74) is 5.99. The molecular weight excluding hydrogens is 288 g/mol. The molecule has 1 amide bonds. The number of carbonyl (C=O) groups is 1. The molecular formula is C15H20N2O3S. The third-order valence-electron chi connectivity index (χ3n) is 3.60. The van der Waals surface area contributed by atoms with Crippen molar-refractivity contribution in [1.29, 1.82) is 0 Å². The molecule has 1 fully saturated rings. The van der Waals surface area contributed by atoms with Crippen LogP contribution < -0.4 is 5.73 Å². The van der Waals surface area contributed by atoms with E-state index in [1.165, 1.54) is 10.4 Å². The second-order valence-electron chi connectivity index (χ2n) is 5.21. The summed E-state index contributed by atoms with van der Waals surface area (Å²) in [6.07, 6.45) is 5.07. The summed E-state index contributed by atoms with van der Waals surface area (Å²) in [7, 11) is -3.65. The minimum atomic E-state index is -3.65. The van der Waals surface area contributed by atoms with E-state index in [0.29, 0.717) is 0 Å². The van der Waals surface area contributed by atoms with Gasteiger partial charge in [-0.3, -0.25) is 4.79 Å². The van der Waals surface area contributed by atoms with Gasteiger partial charge < -0.3 is 5.73 Å². The first-order valence-electron chi connectivity index (χ1n) is 7.02. The highest BCUT2D eigenvalue weighted by molar-refractivity contribution is 7.92. The molecule has 0 heterocycles. The normalized spacial score (nSPS) is 16.8. The molecule has 0 unspecified atom stereocenters. The van der Waals surface area contributed by atoms with Gasteiger partial charge in [0.25, 0.3) is 0 Å². The number of nitrogens with zero attached hydrogens (tertiary/aromatic N) is 1. The van der Waals surface area contributed by atoms with Crippen LogP contribution in [-0.4, -0.2) is 31.2 Å². The van der Waals surface area contributed by atoms with E-state index in [4.69, 9.17) is 5.73 Å². The van der Waals surface area contributed by atoms with Crippen molar-refractivity contribution >= 4 is 22.0 Å². The van der Waals surface area contributed by atoms with Crippen LogP contribution in [0.25, 0.3) is 6.08 Å². The summed E-state index contributed by atoms with van der Waals surface area (Å²) in [6, 6.07) is 9.06. The zero-order chi connectivity index (χ0) is 15.3. The minimum Gasteiger partial charge on any atom is -0.369 e. The highest BCUT2D eigenvalue weighted by Gasteiger charge is 2.31. The Bertz CT molecular complexity index is 605. The van der Waals surface area contributed by atoms with Crippen molar-refractivity contribution in [3.05, 3.63) is 41.3 Å². The Labute approximate surface area is 125 Å². The van der Waals surface area contributed by atoms with Crippen LogP contribution in [-0.2, 0) is 14.8 Å². The highest BCUT2D eigenvalue weighted by Crippen LogP contribution is 2.26. The zero-order valence-corrected chi connectivity index (χ0v) is 12.6. The Balaban J connectivity index is 2.20. The van der Waals surface area contributed by atoms with E-state index in [2.05, 4.69) is 0 Å². The molecule has 0 radical (unpaired) electrons. The van der Waals surface area contributed by atoms with Gasteiger partial charge in [0.15, 0.2) is 0 Å². The minimum absolute atomic E-state index is 0.122. The first-order chi connectivity index (χ1) is 9.99. The molecule has 0 aromatic heterocycles. The van der Waals surface area contributed by atoms with Gasteiger partial charge in [-0.2, -0.15) is 4.31 Å². The largest absolute Gasteiger partial charge is 0.369 e. The van der Waals surface area contributed by atoms with Gasteiger partial charge in [-0.05, 0) is 24.5 Å². The molecule has 6 heteroatoms. The maximum atomic E-state index is 12.5. The lowest BCUT2D eigenvalue weighted by Gasteiger charge is -2.25. The molecule has 1 aliphatic rings. The zero-order valence-electron chi connectivity index (χ0n) is 11.8. The van der Waals surface area contributed by atoms with E-state index in [0.717, 1.165) is 36.7 Å². The van der Waals surface area contributed by atoms with E-state index in [1.807, 2.05) is 30.3 Å². The molecule has 1 aromatic carbocycles. The Kier molecular flexibility index (Phi) is 5.14. The van der Waals surface area contributed by atoms with Gasteiger partial charge in [-0.25, -0.2) is 8.42 Å².